The van der Waals surface area contributed by atoms with Gasteiger partial charge in [-0.25, -0.2) is 10.1 Å². The maximum atomic E-state index is 11.8. The van der Waals surface area contributed by atoms with Crippen molar-refractivity contribution in [2.45, 2.75) is 20.1 Å². The monoisotopic (exact) mass is 232 g/mol. The standard InChI is InChI=1S/C10H11F3N2O/c1-6-4-3-5-7(2)8(6)14-9(16)15-10(11,12)13/h3-5H,1-2H3,(H2,14,15,16). The third-order valence-electron chi connectivity index (χ3n) is 1.97. The molecule has 2 N–H and O–H groups in total. The van der Waals surface area contributed by atoms with Crippen molar-refractivity contribution in [3.8, 4) is 0 Å². The van der Waals surface area contributed by atoms with Gasteiger partial charge in [-0.15, -0.1) is 0 Å². The number of benzene rings is 1. The van der Waals surface area contributed by atoms with Crippen LogP contribution in [0.2, 0.25) is 0 Å². The van der Waals surface area contributed by atoms with Crippen LogP contribution in [0.5, 0.6) is 0 Å². The van der Waals surface area contributed by atoms with E-state index in [-0.39, 0.29) is 0 Å². The molecule has 0 heterocycles. The number of urea groups is 1. The van der Waals surface area contributed by atoms with Gasteiger partial charge in [-0.05, 0) is 25.0 Å². The van der Waals surface area contributed by atoms with E-state index in [1.54, 1.807) is 32.0 Å². The molecule has 0 aliphatic heterocycles. The number of aryl methyl sites for hydroxylation is 2. The van der Waals surface area contributed by atoms with Gasteiger partial charge in [0.2, 0.25) is 0 Å². The fourth-order valence-electron chi connectivity index (χ4n) is 1.29. The summed E-state index contributed by atoms with van der Waals surface area (Å²) in [6.45, 7) is 3.41. The second-order valence-corrected chi connectivity index (χ2v) is 3.34. The summed E-state index contributed by atoms with van der Waals surface area (Å²) < 4.78 is 35.5. The smallest absolute Gasteiger partial charge is 0.307 e. The Labute approximate surface area is 90.6 Å². The van der Waals surface area contributed by atoms with Crippen LogP contribution in [0, 0.1) is 13.8 Å². The number of rotatable bonds is 1. The van der Waals surface area contributed by atoms with E-state index < -0.39 is 12.3 Å². The van der Waals surface area contributed by atoms with Crippen LogP contribution in [0.15, 0.2) is 18.2 Å². The van der Waals surface area contributed by atoms with Gasteiger partial charge in [0.15, 0.2) is 0 Å². The molecule has 0 unspecified atom stereocenters. The third kappa shape index (κ3) is 3.45. The fourth-order valence-corrected chi connectivity index (χ4v) is 1.29. The summed E-state index contributed by atoms with van der Waals surface area (Å²) in [7, 11) is 0. The maximum Gasteiger partial charge on any atom is 0.485 e. The molecule has 88 valence electrons. The summed E-state index contributed by atoms with van der Waals surface area (Å²) in [6.07, 6.45) is -4.72. The van der Waals surface area contributed by atoms with Gasteiger partial charge in [0.25, 0.3) is 0 Å². The number of para-hydroxylation sites is 1. The van der Waals surface area contributed by atoms with Crippen molar-refractivity contribution >= 4 is 11.7 Å². The predicted octanol–water partition coefficient (Wildman–Crippen LogP) is 2.94. The summed E-state index contributed by atoms with van der Waals surface area (Å²) in [5.41, 5.74) is 1.80. The zero-order valence-corrected chi connectivity index (χ0v) is 8.77. The van der Waals surface area contributed by atoms with Crippen molar-refractivity contribution in [1.29, 1.82) is 0 Å². The van der Waals surface area contributed by atoms with Crippen LogP contribution in [-0.4, -0.2) is 12.3 Å². The molecule has 1 aromatic carbocycles. The number of anilines is 1. The van der Waals surface area contributed by atoms with Gasteiger partial charge in [0, 0.05) is 5.69 Å². The van der Waals surface area contributed by atoms with Crippen molar-refractivity contribution < 1.29 is 18.0 Å². The number of hydrogen-bond donors (Lipinski definition) is 2. The molecule has 2 amide bonds. The molecule has 0 aliphatic rings. The van der Waals surface area contributed by atoms with E-state index in [0.29, 0.717) is 16.8 Å². The van der Waals surface area contributed by atoms with Crippen molar-refractivity contribution in [3.63, 3.8) is 0 Å². The first kappa shape index (κ1) is 12.4. The third-order valence-corrected chi connectivity index (χ3v) is 1.97. The summed E-state index contributed by atoms with van der Waals surface area (Å²) in [5.74, 6) is 0. The molecule has 0 saturated carbocycles. The molecule has 0 spiro atoms. The van der Waals surface area contributed by atoms with Crippen LogP contribution in [-0.2, 0) is 0 Å². The van der Waals surface area contributed by atoms with Gasteiger partial charge in [-0.3, -0.25) is 0 Å². The van der Waals surface area contributed by atoms with Gasteiger partial charge >= 0.3 is 12.3 Å². The van der Waals surface area contributed by atoms with E-state index in [4.69, 9.17) is 0 Å². The molecule has 0 atom stereocenters. The van der Waals surface area contributed by atoms with E-state index in [0.717, 1.165) is 5.32 Å². The van der Waals surface area contributed by atoms with Crippen molar-refractivity contribution in [3.05, 3.63) is 29.3 Å². The van der Waals surface area contributed by atoms with Gasteiger partial charge in [0.05, 0.1) is 0 Å². The van der Waals surface area contributed by atoms with Gasteiger partial charge < -0.3 is 5.32 Å². The zero-order valence-electron chi connectivity index (χ0n) is 8.77. The SMILES string of the molecule is Cc1cccc(C)c1NC(=O)NC(F)(F)F. The Morgan fingerprint density at radius 3 is 2.12 bits per heavy atom. The lowest BCUT2D eigenvalue weighted by Gasteiger charge is -2.13. The highest BCUT2D eigenvalue weighted by Crippen LogP contribution is 2.19. The first-order chi connectivity index (χ1) is 7.29. The number of nitrogens with one attached hydrogen (secondary N) is 2. The lowest BCUT2D eigenvalue weighted by Crippen LogP contribution is -2.40. The highest BCUT2D eigenvalue weighted by molar-refractivity contribution is 5.91. The van der Waals surface area contributed by atoms with Crippen molar-refractivity contribution in [1.82, 2.24) is 5.32 Å². The number of halogens is 3. The highest BCUT2D eigenvalue weighted by atomic mass is 19.4. The van der Waals surface area contributed by atoms with Gasteiger partial charge in [-0.1, -0.05) is 18.2 Å². The van der Waals surface area contributed by atoms with Crippen LogP contribution in [0.1, 0.15) is 11.1 Å². The molecule has 0 fully saturated rings. The Morgan fingerprint density at radius 2 is 1.69 bits per heavy atom. The number of amides is 2. The average molecular weight is 232 g/mol. The lowest BCUT2D eigenvalue weighted by atomic mass is 10.1. The molecule has 6 heteroatoms. The van der Waals surface area contributed by atoms with E-state index in [2.05, 4.69) is 5.32 Å². The van der Waals surface area contributed by atoms with Crippen LogP contribution >= 0.6 is 0 Å². The first-order valence-corrected chi connectivity index (χ1v) is 4.52. The summed E-state index contributed by atoms with van der Waals surface area (Å²) in [4.78, 5) is 11.0. The molecule has 0 bridgehead atoms. The predicted molar refractivity (Wildman–Crippen MR) is 54.1 cm³/mol. The van der Waals surface area contributed by atoms with Gasteiger partial charge in [-0.2, -0.15) is 13.2 Å². The first-order valence-electron chi connectivity index (χ1n) is 4.52. The zero-order chi connectivity index (χ0) is 12.3. The summed E-state index contributed by atoms with van der Waals surface area (Å²) >= 11 is 0. The molecule has 1 aromatic rings. The minimum Gasteiger partial charge on any atom is -0.307 e. The quantitative estimate of drug-likeness (QED) is 0.718. The molecule has 3 nitrogen and oxygen atoms in total. The van der Waals surface area contributed by atoms with Crippen LogP contribution in [0.25, 0.3) is 0 Å². The molecule has 0 aliphatic carbocycles. The largest absolute Gasteiger partial charge is 0.485 e. The van der Waals surface area contributed by atoms with Crippen molar-refractivity contribution in [2.75, 3.05) is 5.32 Å². The van der Waals surface area contributed by atoms with Crippen LogP contribution in [0.3, 0.4) is 0 Å². The molecule has 16 heavy (non-hydrogen) atoms. The maximum absolute atomic E-state index is 11.8. The second-order valence-electron chi connectivity index (χ2n) is 3.34. The molecule has 0 aromatic heterocycles. The highest BCUT2D eigenvalue weighted by Gasteiger charge is 2.30. The summed E-state index contributed by atoms with van der Waals surface area (Å²) in [5, 5.41) is 3.04. The Kier molecular flexibility index (Phi) is 3.41. The average Bonchev–Trinajstić information content (AvgIpc) is 2.08. The molecular weight excluding hydrogens is 221 g/mol. The summed E-state index contributed by atoms with van der Waals surface area (Å²) in [6, 6.07) is 3.88. The van der Waals surface area contributed by atoms with E-state index in [1.807, 2.05) is 0 Å². The molecule has 0 saturated heterocycles. The molecular formula is C10H11F3N2O. The Morgan fingerprint density at radius 1 is 1.19 bits per heavy atom. The van der Waals surface area contributed by atoms with Gasteiger partial charge in [0.1, 0.15) is 0 Å². The number of alkyl halides is 3. The number of carbonyl (C=O) groups is 1. The van der Waals surface area contributed by atoms with Crippen molar-refractivity contribution in [2.24, 2.45) is 0 Å². The Bertz CT molecular complexity index is 381. The lowest BCUT2D eigenvalue weighted by molar-refractivity contribution is -0.144. The molecule has 0 radical (unpaired) electrons. The normalized spacial score (nSPS) is 11.1. The number of hydrogen-bond acceptors (Lipinski definition) is 1. The molecule has 1 rings (SSSR count). The Balaban J connectivity index is 2.78. The van der Waals surface area contributed by atoms with E-state index >= 15 is 0 Å². The topological polar surface area (TPSA) is 41.1 Å². The Hall–Kier alpha value is -1.72. The second kappa shape index (κ2) is 4.42. The van der Waals surface area contributed by atoms with Crippen LogP contribution in [0.4, 0.5) is 23.7 Å². The van der Waals surface area contributed by atoms with E-state index in [1.165, 1.54) is 0 Å². The van der Waals surface area contributed by atoms with Crippen LogP contribution < -0.4 is 10.6 Å². The van der Waals surface area contributed by atoms with E-state index in [9.17, 15) is 18.0 Å². The minimum atomic E-state index is -4.72. The number of carbonyl (C=O) groups excluding carboxylic acids is 1. The fraction of sp³-hybridized carbons (Fsp3) is 0.300. The minimum absolute atomic E-state index is 0.393.